The van der Waals surface area contributed by atoms with Gasteiger partial charge in [0.15, 0.2) is 9.84 Å². The lowest BCUT2D eigenvalue weighted by Crippen LogP contribution is -2.25. The summed E-state index contributed by atoms with van der Waals surface area (Å²) in [4.78, 5) is 0. The van der Waals surface area contributed by atoms with Crippen LogP contribution in [-0.4, -0.2) is 20.3 Å². The van der Waals surface area contributed by atoms with E-state index in [9.17, 15) is 8.42 Å². The lowest BCUT2D eigenvalue weighted by atomic mass is 10.1. The van der Waals surface area contributed by atoms with Gasteiger partial charge in [0.1, 0.15) is 5.75 Å². The van der Waals surface area contributed by atoms with Gasteiger partial charge in [0.05, 0.1) is 17.6 Å². The van der Waals surface area contributed by atoms with Gasteiger partial charge >= 0.3 is 0 Å². The lowest BCUT2D eigenvalue weighted by Gasteiger charge is -2.19. The van der Waals surface area contributed by atoms with Crippen LogP contribution in [0.4, 0.5) is 0 Å². The molecule has 0 aliphatic heterocycles. The van der Waals surface area contributed by atoms with Crippen molar-refractivity contribution in [2.24, 2.45) is 11.7 Å². The molecule has 2 N–H and O–H groups in total. The minimum absolute atomic E-state index is 0.0117. The van der Waals surface area contributed by atoms with E-state index in [1.165, 1.54) is 0 Å². The molecule has 0 saturated carbocycles. The molecule has 2 unspecified atom stereocenters. The molecule has 0 aromatic heterocycles. The molecule has 0 bridgehead atoms. The summed E-state index contributed by atoms with van der Waals surface area (Å²) in [7, 11) is -3.22. The van der Waals surface area contributed by atoms with Crippen LogP contribution >= 0.6 is 0 Å². The molecule has 1 rings (SSSR count). The fourth-order valence-electron chi connectivity index (χ4n) is 2.05. The van der Waals surface area contributed by atoms with Crippen molar-refractivity contribution < 1.29 is 13.2 Å². The number of nitrogens with two attached hydrogens (primary N) is 1. The van der Waals surface area contributed by atoms with E-state index >= 15 is 0 Å². The van der Waals surface area contributed by atoms with E-state index in [4.69, 9.17) is 10.5 Å². The Morgan fingerprint density at radius 3 is 2.29 bits per heavy atom. The van der Waals surface area contributed by atoms with Crippen molar-refractivity contribution in [1.82, 2.24) is 0 Å². The predicted molar refractivity (Wildman–Crippen MR) is 87.1 cm³/mol. The molecule has 0 saturated heterocycles. The second kappa shape index (κ2) is 7.27. The van der Waals surface area contributed by atoms with Gasteiger partial charge in [-0.15, -0.1) is 0 Å². The van der Waals surface area contributed by atoms with Crippen molar-refractivity contribution in [2.75, 3.05) is 6.61 Å². The molecule has 0 aliphatic rings. The Kier molecular flexibility index (Phi) is 6.23. The number of sulfone groups is 1. The minimum atomic E-state index is -3.22. The van der Waals surface area contributed by atoms with Gasteiger partial charge in [-0.2, -0.15) is 0 Å². The Hall–Kier alpha value is -1.07. The molecule has 21 heavy (non-hydrogen) atoms. The summed E-state index contributed by atoms with van der Waals surface area (Å²) in [5.41, 5.74) is 7.50. The third-order valence-corrected chi connectivity index (χ3v) is 6.16. The van der Waals surface area contributed by atoms with Gasteiger partial charge in [-0.1, -0.05) is 19.9 Å². The molecule has 5 heteroatoms. The van der Waals surface area contributed by atoms with Crippen LogP contribution in [0.25, 0.3) is 0 Å². The third-order valence-electron chi connectivity index (χ3n) is 3.77. The van der Waals surface area contributed by atoms with Crippen molar-refractivity contribution in [3.63, 3.8) is 0 Å². The Labute approximate surface area is 128 Å². The zero-order chi connectivity index (χ0) is 16.2. The molecule has 2 atom stereocenters. The van der Waals surface area contributed by atoms with Crippen LogP contribution in [0.2, 0.25) is 0 Å². The first-order chi connectivity index (χ1) is 9.69. The van der Waals surface area contributed by atoms with E-state index in [1.54, 1.807) is 6.92 Å². The van der Waals surface area contributed by atoms with E-state index in [-0.39, 0.29) is 23.0 Å². The smallest absolute Gasteiger partial charge is 0.157 e. The largest absolute Gasteiger partial charge is 0.494 e. The molecule has 0 radical (unpaired) electrons. The van der Waals surface area contributed by atoms with Gasteiger partial charge in [-0.25, -0.2) is 8.42 Å². The van der Waals surface area contributed by atoms with Crippen LogP contribution < -0.4 is 10.5 Å². The molecule has 0 heterocycles. The number of hydrogen-bond acceptors (Lipinski definition) is 4. The monoisotopic (exact) mass is 313 g/mol. The molecular formula is C16H27NO3S. The summed E-state index contributed by atoms with van der Waals surface area (Å²) in [6.45, 7) is 9.87. The molecule has 0 aliphatic carbocycles. The average Bonchev–Trinajstić information content (AvgIpc) is 2.39. The van der Waals surface area contributed by atoms with Gasteiger partial charge < -0.3 is 10.5 Å². The first-order valence-corrected chi connectivity index (χ1v) is 9.13. The highest BCUT2D eigenvalue weighted by atomic mass is 32.2. The molecular weight excluding hydrogens is 286 g/mol. The lowest BCUT2D eigenvalue weighted by molar-refractivity contribution is 0.337. The highest BCUT2D eigenvalue weighted by Crippen LogP contribution is 2.27. The third kappa shape index (κ3) is 4.71. The SMILES string of the molecule is CCOc1ccc(C(C)N)cc1CS(=O)(=O)C(C)C(C)C. The number of benzene rings is 1. The Morgan fingerprint density at radius 2 is 1.81 bits per heavy atom. The van der Waals surface area contributed by atoms with Crippen molar-refractivity contribution in [3.05, 3.63) is 29.3 Å². The number of hydrogen-bond donors (Lipinski definition) is 1. The fourth-order valence-corrected chi connectivity index (χ4v) is 3.81. The zero-order valence-electron chi connectivity index (χ0n) is 13.6. The molecule has 1 aromatic rings. The van der Waals surface area contributed by atoms with Crippen LogP contribution in [-0.2, 0) is 15.6 Å². The van der Waals surface area contributed by atoms with Crippen LogP contribution in [0.3, 0.4) is 0 Å². The fraction of sp³-hybridized carbons (Fsp3) is 0.625. The second-order valence-corrected chi connectivity index (χ2v) is 8.20. The number of rotatable bonds is 7. The van der Waals surface area contributed by atoms with Gasteiger partial charge in [0.2, 0.25) is 0 Å². The standard InChI is InChI=1S/C16H27NO3S/c1-6-20-16-8-7-14(12(4)17)9-15(16)10-21(18,19)13(5)11(2)3/h7-9,11-13H,6,10,17H2,1-5H3. The average molecular weight is 313 g/mol. The predicted octanol–water partition coefficient (Wildman–Crippen LogP) is 3.06. The Balaban J connectivity index is 3.18. The van der Waals surface area contributed by atoms with Gasteiger partial charge in [-0.05, 0) is 44.4 Å². The summed E-state index contributed by atoms with van der Waals surface area (Å²) < 4.78 is 30.5. The molecule has 1 aromatic carbocycles. The topological polar surface area (TPSA) is 69.4 Å². The first kappa shape index (κ1) is 18.0. The van der Waals surface area contributed by atoms with Crippen molar-refractivity contribution in [3.8, 4) is 5.75 Å². The molecule has 0 fully saturated rings. The molecule has 4 nitrogen and oxygen atoms in total. The Bertz CT molecular complexity index is 565. The van der Waals surface area contributed by atoms with Crippen LogP contribution in [0.15, 0.2) is 18.2 Å². The van der Waals surface area contributed by atoms with Crippen molar-refractivity contribution in [2.45, 2.75) is 51.7 Å². The van der Waals surface area contributed by atoms with E-state index in [0.717, 1.165) is 5.56 Å². The van der Waals surface area contributed by atoms with Gasteiger partial charge in [0.25, 0.3) is 0 Å². The highest BCUT2D eigenvalue weighted by molar-refractivity contribution is 7.91. The highest BCUT2D eigenvalue weighted by Gasteiger charge is 2.25. The maximum atomic E-state index is 12.5. The van der Waals surface area contributed by atoms with Crippen LogP contribution in [0, 0.1) is 5.92 Å². The summed E-state index contributed by atoms with van der Waals surface area (Å²) in [5.74, 6) is 0.700. The van der Waals surface area contributed by atoms with E-state index in [1.807, 2.05) is 45.9 Å². The minimum Gasteiger partial charge on any atom is -0.494 e. The van der Waals surface area contributed by atoms with Gasteiger partial charge in [0, 0.05) is 11.6 Å². The maximum absolute atomic E-state index is 12.5. The summed E-state index contributed by atoms with van der Waals surface area (Å²) >= 11 is 0. The second-order valence-electron chi connectivity index (χ2n) is 5.85. The van der Waals surface area contributed by atoms with Crippen molar-refractivity contribution >= 4 is 9.84 Å². The zero-order valence-corrected chi connectivity index (χ0v) is 14.4. The normalized spacial score (nSPS) is 15.0. The summed E-state index contributed by atoms with van der Waals surface area (Å²) in [5, 5.41) is -0.383. The summed E-state index contributed by atoms with van der Waals surface area (Å²) in [6, 6.07) is 5.41. The maximum Gasteiger partial charge on any atom is 0.157 e. The van der Waals surface area contributed by atoms with Crippen molar-refractivity contribution in [1.29, 1.82) is 0 Å². The van der Waals surface area contributed by atoms with Gasteiger partial charge in [-0.3, -0.25) is 0 Å². The Morgan fingerprint density at radius 1 is 1.19 bits per heavy atom. The van der Waals surface area contributed by atoms with E-state index in [2.05, 4.69) is 0 Å². The summed E-state index contributed by atoms with van der Waals surface area (Å²) in [6.07, 6.45) is 0. The van der Waals surface area contributed by atoms with E-state index < -0.39 is 9.84 Å². The number of ether oxygens (including phenoxy) is 1. The van der Waals surface area contributed by atoms with E-state index in [0.29, 0.717) is 17.9 Å². The van der Waals surface area contributed by atoms with Crippen LogP contribution in [0.1, 0.15) is 51.8 Å². The molecule has 0 spiro atoms. The molecule has 0 amide bonds. The molecule has 120 valence electrons. The quantitative estimate of drug-likeness (QED) is 0.840. The first-order valence-electron chi connectivity index (χ1n) is 7.41. The van der Waals surface area contributed by atoms with Crippen LogP contribution in [0.5, 0.6) is 5.75 Å².